The lowest BCUT2D eigenvalue weighted by Crippen LogP contribution is -2.03. The van der Waals surface area contributed by atoms with Crippen LogP contribution >= 0.6 is 0 Å². The highest BCUT2D eigenvalue weighted by molar-refractivity contribution is 5.89. The van der Waals surface area contributed by atoms with Crippen molar-refractivity contribution >= 4 is 10.8 Å². The molecule has 26 heavy (non-hydrogen) atoms. The van der Waals surface area contributed by atoms with Crippen LogP contribution in [-0.4, -0.2) is 6.61 Å². The summed E-state index contributed by atoms with van der Waals surface area (Å²) in [5.74, 6) is -1.21. The van der Waals surface area contributed by atoms with Crippen molar-refractivity contribution in [3.8, 4) is 16.9 Å². The van der Waals surface area contributed by atoms with Crippen LogP contribution in [0, 0.1) is 5.82 Å². The second kappa shape index (κ2) is 8.09. The van der Waals surface area contributed by atoms with E-state index in [1.165, 1.54) is 11.6 Å². The summed E-state index contributed by atoms with van der Waals surface area (Å²) in [5.41, 5.74) is 3.22. The van der Waals surface area contributed by atoms with Crippen molar-refractivity contribution in [3.63, 3.8) is 0 Å². The smallest absolute Gasteiger partial charge is 0.387 e. The number of fused-ring (bicyclic) bond motifs is 1. The van der Waals surface area contributed by atoms with E-state index in [4.69, 9.17) is 0 Å². The Hall–Kier alpha value is -2.75. The zero-order valence-electron chi connectivity index (χ0n) is 14.4. The molecule has 0 bridgehead atoms. The minimum Gasteiger partial charge on any atom is -0.432 e. The van der Waals surface area contributed by atoms with E-state index in [0.29, 0.717) is 5.39 Å². The Kier molecular flexibility index (Phi) is 5.61. The Labute approximate surface area is 150 Å². The largest absolute Gasteiger partial charge is 0.432 e. The number of aryl methyl sites for hydroxylation is 1. The van der Waals surface area contributed by atoms with Gasteiger partial charge in [0.05, 0.1) is 0 Å². The van der Waals surface area contributed by atoms with Crippen molar-refractivity contribution in [1.29, 1.82) is 0 Å². The molecular formula is C22H19F3O. The summed E-state index contributed by atoms with van der Waals surface area (Å²) in [6.45, 7) is -1.04. The summed E-state index contributed by atoms with van der Waals surface area (Å²) in [4.78, 5) is 0. The molecule has 0 amide bonds. The van der Waals surface area contributed by atoms with Gasteiger partial charge in [0.15, 0.2) is 11.6 Å². The minimum atomic E-state index is -3.05. The average molecular weight is 356 g/mol. The second-order valence-electron chi connectivity index (χ2n) is 6.00. The molecule has 0 heterocycles. The molecule has 0 aromatic heterocycles. The fourth-order valence-electron chi connectivity index (χ4n) is 2.92. The summed E-state index contributed by atoms with van der Waals surface area (Å²) in [5, 5.41) is 0.897. The Balaban J connectivity index is 1.87. The van der Waals surface area contributed by atoms with Crippen LogP contribution in [0.3, 0.4) is 0 Å². The van der Waals surface area contributed by atoms with Crippen LogP contribution in [0.5, 0.6) is 5.75 Å². The second-order valence-corrected chi connectivity index (χ2v) is 6.00. The SMILES string of the molecule is C/C=C/CCc1ccc(-c2ccc3c(F)c(OC(F)F)ccc3c2)cc1. The standard InChI is InChI=1S/C22H19F3O/c1-2-3-4-5-15-6-8-16(9-7-15)17-10-12-19-18(14-17)11-13-20(21(19)23)26-22(24)25/h2-3,6-14,22H,4-5H2,1H3/b3-2+. The maximum Gasteiger partial charge on any atom is 0.387 e. The highest BCUT2D eigenvalue weighted by Gasteiger charge is 2.13. The predicted octanol–water partition coefficient (Wildman–Crippen LogP) is 6.76. The van der Waals surface area contributed by atoms with Gasteiger partial charge in [0.25, 0.3) is 0 Å². The van der Waals surface area contributed by atoms with Crippen LogP contribution in [0.4, 0.5) is 13.2 Å². The van der Waals surface area contributed by atoms with Gasteiger partial charge in [0.2, 0.25) is 0 Å². The fraction of sp³-hybridized carbons (Fsp3) is 0.182. The van der Waals surface area contributed by atoms with E-state index in [-0.39, 0.29) is 5.39 Å². The third-order valence-electron chi connectivity index (χ3n) is 4.26. The Morgan fingerprint density at radius 2 is 1.69 bits per heavy atom. The van der Waals surface area contributed by atoms with Gasteiger partial charge >= 0.3 is 6.61 Å². The molecule has 0 saturated heterocycles. The molecule has 0 aliphatic carbocycles. The molecule has 0 unspecified atom stereocenters. The first-order valence-electron chi connectivity index (χ1n) is 8.46. The lowest BCUT2D eigenvalue weighted by atomic mass is 9.99. The van der Waals surface area contributed by atoms with Gasteiger partial charge in [0, 0.05) is 5.39 Å². The molecular weight excluding hydrogens is 337 g/mol. The molecule has 3 rings (SSSR count). The highest BCUT2D eigenvalue weighted by atomic mass is 19.3. The van der Waals surface area contributed by atoms with Gasteiger partial charge in [-0.1, -0.05) is 54.6 Å². The topological polar surface area (TPSA) is 9.23 Å². The predicted molar refractivity (Wildman–Crippen MR) is 99.1 cm³/mol. The van der Waals surface area contributed by atoms with E-state index < -0.39 is 18.2 Å². The number of hydrogen-bond acceptors (Lipinski definition) is 1. The number of rotatable bonds is 6. The lowest BCUT2D eigenvalue weighted by Gasteiger charge is -2.10. The molecule has 0 spiro atoms. The molecule has 1 nitrogen and oxygen atoms in total. The first-order chi connectivity index (χ1) is 12.6. The van der Waals surface area contributed by atoms with Crippen LogP contribution in [0.25, 0.3) is 21.9 Å². The van der Waals surface area contributed by atoms with Gasteiger partial charge in [-0.25, -0.2) is 4.39 Å². The molecule has 0 atom stereocenters. The summed E-state index contributed by atoms with van der Waals surface area (Å²) in [6.07, 6.45) is 6.17. The molecule has 0 radical (unpaired) electrons. The summed E-state index contributed by atoms with van der Waals surface area (Å²) < 4.78 is 43.2. The van der Waals surface area contributed by atoms with Crippen LogP contribution in [0.1, 0.15) is 18.9 Å². The van der Waals surface area contributed by atoms with E-state index in [0.717, 1.165) is 24.0 Å². The zero-order chi connectivity index (χ0) is 18.5. The van der Waals surface area contributed by atoms with Crippen LogP contribution < -0.4 is 4.74 Å². The molecule has 3 aromatic rings. The van der Waals surface area contributed by atoms with Gasteiger partial charge in [-0.3, -0.25) is 0 Å². The van der Waals surface area contributed by atoms with E-state index >= 15 is 0 Å². The maximum atomic E-state index is 14.3. The molecule has 4 heteroatoms. The van der Waals surface area contributed by atoms with Crippen molar-refractivity contribution in [2.75, 3.05) is 0 Å². The summed E-state index contributed by atoms with van der Waals surface area (Å²) in [7, 11) is 0. The van der Waals surface area contributed by atoms with Crippen molar-refractivity contribution in [3.05, 3.63) is 78.1 Å². The van der Waals surface area contributed by atoms with Gasteiger partial charge in [0.1, 0.15) is 0 Å². The molecule has 0 aliphatic heterocycles. The molecule has 134 valence electrons. The first kappa shape index (κ1) is 18.1. The number of ether oxygens (including phenoxy) is 1. The fourth-order valence-corrected chi connectivity index (χ4v) is 2.92. The van der Waals surface area contributed by atoms with Gasteiger partial charge in [-0.2, -0.15) is 8.78 Å². The molecule has 0 aliphatic rings. The van der Waals surface area contributed by atoms with E-state index in [2.05, 4.69) is 22.9 Å². The van der Waals surface area contributed by atoms with Crippen molar-refractivity contribution < 1.29 is 17.9 Å². The molecule has 0 fully saturated rings. The number of benzene rings is 3. The third kappa shape index (κ3) is 4.07. The molecule has 0 N–H and O–H groups in total. The van der Waals surface area contributed by atoms with Gasteiger partial charge in [-0.15, -0.1) is 0 Å². The Morgan fingerprint density at radius 3 is 2.38 bits per heavy atom. The monoisotopic (exact) mass is 356 g/mol. The van der Waals surface area contributed by atoms with Crippen LogP contribution in [-0.2, 0) is 6.42 Å². The van der Waals surface area contributed by atoms with Crippen molar-refractivity contribution in [2.45, 2.75) is 26.4 Å². The minimum absolute atomic E-state index is 0.259. The van der Waals surface area contributed by atoms with E-state index in [9.17, 15) is 13.2 Å². The van der Waals surface area contributed by atoms with Crippen molar-refractivity contribution in [1.82, 2.24) is 0 Å². The molecule has 0 saturated carbocycles. The number of hydrogen-bond donors (Lipinski definition) is 0. The third-order valence-corrected chi connectivity index (χ3v) is 4.26. The van der Waals surface area contributed by atoms with Gasteiger partial charge in [-0.05, 0) is 54.0 Å². The maximum absolute atomic E-state index is 14.3. The van der Waals surface area contributed by atoms with Crippen molar-refractivity contribution in [2.24, 2.45) is 0 Å². The first-order valence-corrected chi connectivity index (χ1v) is 8.46. The molecule has 3 aromatic carbocycles. The Morgan fingerprint density at radius 1 is 0.962 bits per heavy atom. The summed E-state index contributed by atoms with van der Waals surface area (Å²) in [6, 6.07) is 16.3. The van der Waals surface area contributed by atoms with Gasteiger partial charge < -0.3 is 4.74 Å². The zero-order valence-corrected chi connectivity index (χ0v) is 14.4. The number of allylic oxidation sites excluding steroid dienone is 2. The quantitative estimate of drug-likeness (QED) is 0.444. The van der Waals surface area contributed by atoms with E-state index in [1.807, 2.05) is 31.2 Å². The number of alkyl halides is 2. The summed E-state index contributed by atoms with van der Waals surface area (Å²) >= 11 is 0. The van der Waals surface area contributed by atoms with E-state index in [1.54, 1.807) is 18.2 Å². The Bertz CT molecular complexity index is 915. The lowest BCUT2D eigenvalue weighted by molar-refractivity contribution is -0.0520. The normalized spacial score (nSPS) is 11.6. The number of halogens is 3. The van der Waals surface area contributed by atoms with Crippen LogP contribution in [0.15, 0.2) is 66.7 Å². The van der Waals surface area contributed by atoms with Crippen LogP contribution in [0.2, 0.25) is 0 Å². The highest BCUT2D eigenvalue weighted by Crippen LogP contribution is 2.31. The average Bonchev–Trinajstić information content (AvgIpc) is 2.64.